The van der Waals surface area contributed by atoms with Gasteiger partial charge in [0.1, 0.15) is 11.9 Å². The fourth-order valence-electron chi connectivity index (χ4n) is 3.84. The second kappa shape index (κ2) is 8.81. The largest absolute Gasteiger partial charge is 0.479 e. The molecule has 0 amide bonds. The van der Waals surface area contributed by atoms with Crippen molar-refractivity contribution in [1.29, 1.82) is 5.26 Å². The molecule has 0 aromatic heterocycles. The highest BCUT2D eigenvalue weighted by Gasteiger charge is 2.54. The average Bonchev–Trinajstić information content (AvgIpc) is 3.32. The molecule has 2 aromatic rings. The number of nitrogen functional groups attached to an aromatic ring is 1. The molecule has 4 rings (SSSR count). The standard InChI is InChI=1S/C22H25N5O4/c1-22(20-29-9-10-30-20)19(28)18(16-11-15(24)7-8-17(16)31-22)27-21(26-13-23)25-12-14-5-3-2-4-6-14/h2-8,11,18-20,28H,9-10,12,24H2,1H3,(H2,25,26,27)/t18-,19+,22+/m1/s1. The summed E-state index contributed by atoms with van der Waals surface area (Å²) in [4.78, 5) is 3.86. The number of nitrogens with zero attached hydrogens (tertiary/aromatic N) is 2. The van der Waals surface area contributed by atoms with Crippen LogP contribution in [0, 0.1) is 11.5 Å². The number of anilines is 1. The first kappa shape index (κ1) is 20.9. The summed E-state index contributed by atoms with van der Waals surface area (Å²) in [6, 6.07) is 14.2. The molecule has 0 unspecified atom stereocenters. The molecule has 9 heteroatoms. The van der Waals surface area contributed by atoms with Crippen LogP contribution in [0.2, 0.25) is 0 Å². The summed E-state index contributed by atoms with van der Waals surface area (Å²) in [6.45, 7) is 3.02. The van der Waals surface area contributed by atoms with Gasteiger partial charge in [-0.05, 0) is 30.7 Å². The van der Waals surface area contributed by atoms with Crippen molar-refractivity contribution >= 4 is 11.6 Å². The Morgan fingerprint density at radius 3 is 2.71 bits per heavy atom. The number of benzene rings is 2. The van der Waals surface area contributed by atoms with E-state index in [-0.39, 0.29) is 5.96 Å². The number of aliphatic hydroxyl groups is 1. The molecule has 0 bridgehead atoms. The molecule has 0 saturated carbocycles. The Kier molecular flexibility index (Phi) is 5.95. The Hall–Kier alpha value is -3.32. The first-order valence-electron chi connectivity index (χ1n) is 10.0. The van der Waals surface area contributed by atoms with Crippen LogP contribution >= 0.6 is 0 Å². The maximum Gasteiger partial charge on any atom is 0.209 e. The van der Waals surface area contributed by atoms with Crippen LogP contribution in [0.15, 0.2) is 53.5 Å². The minimum atomic E-state index is -1.19. The third-order valence-corrected chi connectivity index (χ3v) is 5.45. The molecule has 31 heavy (non-hydrogen) atoms. The molecular weight excluding hydrogens is 398 g/mol. The number of hydrogen-bond acceptors (Lipinski definition) is 7. The maximum atomic E-state index is 11.3. The lowest BCUT2D eigenvalue weighted by Crippen LogP contribution is -2.62. The van der Waals surface area contributed by atoms with Crippen LogP contribution in [-0.2, 0) is 16.0 Å². The average molecular weight is 423 g/mol. The highest BCUT2D eigenvalue weighted by atomic mass is 16.7. The lowest BCUT2D eigenvalue weighted by atomic mass is 9.84. The summed E-state index contributed by atoms with van der Waals surface area (Å²) in [6.07, 6.45) is -0.0391. The molecule has 2 aromatic carbocycles. The van der Waals surface area contributed by atoms with Gasteiger partial charge in [-0.2, -0.15) is 5.26 Å². The van der Waals surface area contributed by atoms with E-state index in [2.05, 4.69) is 15.6 Å². The van der Waals surface area contributed by atoms with E-state index >= 15 is 0 Å². The van der Waals surface area contributed by atoms with Crippen LogP contribution in [0.3, 0.4) is 0 Å². The second-order valence-electron chi connectivity index (χ2n) is 7.62. The molecule has 2 aliphatic rings. The van der Waals surface area contributed by atoms with Crippen molar-refractivity contribution in [2.75, 3.05) is 18.9 Å². The Morgan fingerprint density at radius 1 is 1.26 bits per heavy atom. The zero-order valence-corrected chi connectivity index (χ0v) is 17.1. The molecule has 9 nitrogen and oxygen atoms in total. The zero-order valence-electron chi connectivity index (χ0n) is 17.1. The van der Waals surface area contributed by atoms with Crippen LogP contribution in [0.1, 0.15) is 24.1 Å². The third kappa shape index (κ3) is 4.27. The van der Waals surface area contributed by atoms with Crippen LogP contribution in [0.4, 0.5) is 5.69 Å². The molecule has 3 atom stereocenters. The van der Waals surface area contributed by atoms with Gasteiger partial charge in [0.2, 0.25) is 12.2 Å². The summed E-state index contributed by atoms with van der Waals surface area (Å²) in [7, 11) is 0. The first-order valence-corrected chi connectivity index (χ1v) is 10.0. The number of nitriles is 1. The molecule has 162 valence electrons. The fraction of sp³-hybridized carbons (Fsp3) is 0.364. The van der Waals surface area contributed by atoms with E-state index in [1.807, 2.05) is 30.3 Å². The number of nitrogens with two attached hydrogens (primary N) is 1. The van der Waals surface area contributed by atoms with Crippen LogP contribution in [0.25, 0.3) is 0 Å². The lowest BCUT2D eigenvalue weighted by molar-refractivity contribution is -0.211. The summed E-state index contributed by atoms with van der Waals surface area (Å²) >= 11 is 0. The summed E-state index contributed by atoms with van der Waals surface area (Å²) in [5, 5.41) is 26.8. The van der Waals surface area contributed by atoms with Gasteiger partial charge in [0, 0.05) is 17.8 Å². The second-order valence-corrected chi connectivity index (χ2v) is 7.62. The molecule has 5 N–H and O–H groups in total. The monoisotopic (exact) mass is 423 g/mol. The van der Waals surface area contributed by atoms with E-state index in [0.29, 0.717) is 36.8 Å². The molecular formula is C22H25N5O4. The van der Waals surface area contributed by atoms with Crippen molar-refractivity contribution in [2.24, 2.45) is 4.99 Å². The SMILES string of the molecule is C[C@]1(C2OCCO2)Oc2ccc(N)cc2[C@@H](NC(=NC#N)NCc2ccccc2)[C@@H]1O. The number of aliphatic imine (C=N–C) groups is 1. The number of aliphatic hydroxyl groups excluding tert-OH is 1. The smallest absolute Gasteiger partial charge is 0.209 e. The summed E-state index contributed by atoms with van der Waals surface area (Å²) < 4.78 is 17.5. The number of ether oxygens (including phenoxy) is 3. The van der Waals surface area contributed by atoms with Crippen molar-refractivity contribution < 1.29 is 19.3 Å². The number of nitrogens with one attached hydrogen (secondary N) is 2. The minimum absolute atomic E-state index is 0.223. The first-order chi connectivity index (χ1) is 15.0. The molecule has 0 aliphatic carbocycles. The van der Waals surface area contributed by atoms with Crippen molar-refractivity contribution in [3.63, 3.8) is 0 Å². The van der Waals surface area contributed by atoms with Crippen molar-refractivity contribution in [2.45, 2.75) is 37.5 Å². The van der Waals surface area contributed by atoms with Crippen LogP contribution in [0.5, 0.6) is 5.75 Å². The van der Waals surface area contributed by atoms with Gasteiger partial charge in [-0.25, -0.2) is 0 Å². The minimum Gasteiger partial charge on any atom is -0.479 e. The van der Waals surface area contributed by atoms with Gasteiger partial charge < -0.3 is 35.7 Å². The number of hydrogen-bond donors (Lipinski definition) is 4. The van der Waals surface area contributed by atoms with Gasteiger partial charge in [-0.3, -0.25) is 0 Å². The predicted octanol–water partition coefficient (Wildman–Crippen LogP) is 1.41. The highest BCUT2D eigenvalue weighted by Crippen LogP contribution is 2.43. The van der Waals surface area contributed by atoms with E-state index in [0.717, 1.165) is 5.56 Å². The summed E-state index contributed by atoms with van der Waals surface area (Å²) in [5.41, 5.74) is 6.99. The van der Waals surface area contributed by atoms with Gasteiger partial charge in [0.25, 0.3) is 0 Å². The lowest BCUT2D eigenvalue weighted by Gasteiger charge is -2.46. The molecule has 1 fully saturated rings. The Morgan fingerprint density at radius 2 is 2.00 bits per heavy atom. The number of fused-ring (bicyclic) bond motifs is 1. The number of rotatable bonds is 4. The van der Waals surface area contributed by atoms with E-state index in [1.165, 1.54) is 0 Å². The van der Waals surface area contributed by atoms with Gasteiger partial charge in [0.15, 0.2) is 11.9 Å². The van der Waals surface area contributed by atoms with Crippen molar-refractivity contribution in [1.82, 2.24) is 10.6 Å². The molecule has 2 heterocycles. The molecule has 0 spiro atoms. The molecule has 2 aliphatic heterocycles. The number of guanidine groups is 1. The quantitative estimate of drug-likeness (QED) is 0.251. The van der Waals surface area contributed by atoms with Crippen molar-refractivity contribution in [3.05, 3.63) is 59.7 Å². The maximum absolute atomic E-state index is 11.3. The van der Waals surface area contributed by atoms with Gasteiger partial charge in [-0.1, -0.05) is 30.3 Å². The van der Waals surface area contributed by atoms with E-state index in [1.54, 1.807) is 31.3 Å². The van der Waals surface area contributed by atoms with E-state index < -0.39 is 24.0 Å². The Labute approximate surface area is 180 Å². The van der Waals surface area contributed by atoms with E-state index in [9.17, 15) is 10.4 Å². The van der Waals surface area contributed by atoms with Gasteiger partial charge >= 0.3 is 0 Å². The van der Waals surface area contributed by atoms with Gasteiger partial charge in [-0.15, -0.1) is 4.99 Å². The van der Waals surface area contributed by atoms with Crippen LogP contribution < -0.4 is 21.1 Å². The Bertz CT molecular complexity index is 987. The molecule has 0 radical (unpaired) electrons. The van der Waals surface area contributed by atoms with Crippen LogP contribution in [-0.4, -0.2) is 42.3 Å². The zero-order chi connectivity index (χ0) is 21.8. The third-order valence-electron chi connectivity index (χ3n) is 5.45. The van der Waals surface area contributed by atoms with Gasteiger partial charge in [0.05, 0.1) is 19.3 Å². The Balaban J connectivity index is 1.63. The highest BCUT2D eigenvalue weighted by molar-refractivity contribution is 5.81. The topological polar surface area (TPSA) is 134 Å². The fourth-order valence-corrected chi connectivity index (χ4v) is 3.84. The molecule has 1 saturated heterocycles. The normalized spacial score (nSPS) is 25.9. The van der Waals surface area contributed by atoms with E-state index in [4.69, 9.17) is 19.9 Å². The van der Waals surface area contributed by atoms with Crippen molar-refractivity contribution in [3.8, 4) is 11.9 Å². The summed E-state index contributed by atoms with van der Waals surface area (Å²) in [5.74, 6) is 0.763. The predicted molar refractivity (Wildman–Crippen MR) is 114 cm³/mol.